The highest BCUT2D eigenvalue weighted by Gasteiger charge is 2.56. The van der Waals surface area contributed by atoms with Crippen LogP contribution in [0.5, 0.6) is 0 Å². The fourth-order valence-electron chi connectivity index (χ4n) is 5.99. The van der Waals surface area contributed by atoms with Gasteiger partial charge in [-0.05, 0) is 25.7 Å². The molecule has 0 radical (unpaired) electrons. The lowest BCUT2D eigenvalue weighted by Crippen LogP contribution is -2.40. The fraction of sp³-hybridized carbons (Fsp3) is 0.938. The van der Waals surface area contributed by atoms with E-state index in [2.05, 4.69) is 13.8 Å². The van der Waals surface area contributed by atoms with Crippen molar-refractivity contribution >= 4 is 11.9 Å². The van der Waals surface area contributed by atoms with Crippen molar-refractivity contribution in [1.29, 1.82) is 0 Å². The van der Waals surface area contributed by atoms with E-state index in [0.717, 1.165) is 38.5 Å². The standard InChI is InChI=1S/C32H58O5/c1-3-5-7-9-11-13-15-17-19-21-25-35-31(33)29-27-23-24-28(37-27)30(29)32(34)36-26-22-20-18-16-14-12-10-8-6-4-2/h27-30H,3-26H2,1-2H3/t27-,28-,29?,30?/m1/s1. The molecule has 37 heavy (non-hydrogen) atoms. The van der Waals surface area contributed by atoms with Crippen LogP contribution in [0.25, 0.3) is 0 Å². The Labute approximate surface area is 228 Å². The molecule has 2 aliphatic heterocycles. The molecule has 0 amide bonds. The van der Waals surface area contributed by atoms with Crippen LogP contribution in [0.15, 0.2) is 0 Å². The minimum atomic E-state index is -0.484. The number of unbranched alkanes of at least 4 members (excludes halogenated alkanes) is 18. The van der Waals surface area contributed by atoms with E-state index >= 15 is 0 Å². The zero-order chi connectivity index (χ0) is 26.6. The van der Waals surface area contributed by atoms with Gasteiger partial charge in [-0.15, -0.1) is 0 Å². The number of fused-ring (bicyclic) bond motifs is 2. The van der Waals surface area contributed by atoms with E-state index in [4.69, 9.17) is 14.2 Å². The summed E-state index contributed by atoms with van der Waals surface area (Å²) in [6, 6.07) is 0. The molecule has 0 aromatic rings. The Hall–Kier alpha value is -1.10. The Bertz CT molecular complexity index is 542. The topological polar surface area (TPSA) is 61.8 Å². The molecule has 5 heteroatoms. The second kappa shape index (κ2) is 20.8. The van der Waals surface area contributed by atoms with Crippen molar-refractivity contribution in [2.45, 2.75) is 167 Å². The molecular weight excluding hydrogens is 464 g/mol. The van der Waals surface area contributed by atoms with Gasteiger partial charge in [-0.3, -0.25) is 9.59 Å². The van der Waals surface area contributed by atoms with Gasteiger partial charge in [0, 0.05) is 0 Å². The fourth-order valence-corrected chi connectivity index (χ4v) is 5.99. The third-order valence-electron chi connectivity index (χ3n) is 8.30. The number of carbonyl (C=O) groups is 2. The van der Waals surface area contributed by atoms with E-state index in [1.807, 2.05) is 0 Å². The summed E-state index contributed by atoms with van der Waals surface area (Å²) in [6.45, 7) is 5.40. The van der Waals surface area contributed by atoms with Gasteiger partial charge in [0.15, 0.2) is 0 Å². The molecule has 2 unspecified atom stereocenters. The normalized spacial score (nSPS) is 22.4. The van der Waals surface area contributed by atoms with Crippen molar-refractivity contribution in [3.05, 3.63) is 0 Å². The highest BCUT2D eigenvalue weighted by Crippen LogP contribution is 2.44. The van der Waals surface area contributed by atoms with Crippen molar-refractivity contribution in [1.82, 2.24) is 0 Å². The molecule has 2 heterocycles. The molecule has 5 nitrogen and oxygen atoms in total. The van der Waals surface area contributed by atoms with Crippen molar-refractivity contribution < 1.29 is 23.8 Å². The van der Waals surface area contributed by atoms with Gasteiger partial charge in [0.25, 0.3) is 0 Å². The number of carbonyl (C=O) groups excluding carboxylic acids is 2. The predicted molar refractivity (Wildman–Crippen MR) is 150 cm³/mol. The van der Waals surface area contributed by atoms with E-state index in [1.54, 1.807) is 0 Å². The highest BCUT2D eigenvalue weighted by molar-refractivity contribution is 5.84. The van der Waals surface area contributed by atoms with Crippen LogP contribution in [0.3, 0.4) is 0 Å². The molecule has 216 valence electrons. The molecule has 4 atom stereocenters. The number of esters is 2. The summed E-state index contributed by atoms with van der Waals surface area (Å²) in [5.74, 6) is -1.49. The van der Waals surface area contributed by atoms with Crippen LogP contribution in [0.2, 0.25) is 0 Å². The molecule has 2 bridgehead atoms. The van der Waals surface area contributed by atoms with Gasteiger partial charge < -0.3 is 14.2 Å². The quantitative estimate of drug-likeness (QED) is 0.0937. The first-order valence-corrected chi connectivity index (χ1v) is 16.2. The van der Waals surface area contributed by atoms with Gasteiger partial charge in [0.05, 0.1) is 37.3 Å². The van der Waals surface area contributed by atoms with Gasteiger partial charge in [-0.1, -0.05) is 129 Å². The first kappa shape index (κ1) is 32.1. The van der Waals surface area contributed by atoms with Crippen molar-refractivity contribution in [3.63, 3.8) is 0 Å². The van der Waals surface area contributed by atoms with Crippen LogP contribution >= 0.6 is 0 Å². The zero-order valence-corrected chi connectivity index (χ0v) is 24.3. The molecule has 2 saturated heterocycles. The number of rotatable bonds is 24. The molecule has 0 aromatic carbocycles. The highest BCUT2D eigenvalue weighted by atomic mass is 16.6. The van der Waals surface area contributed by atoms with Crippen molar-refractivity contribution in [2.75, 3.05) is 13.2 Å². The lowest BCUT2D eigenvalue weighted by atomic mass is 9.79. The molecule has 2 aliphatic rings. The minimum absolute atomic E-state index is 0.180. The van der Waals surface area contributed by atoms with Gasteiger partial charge in [0.1, 0.15) is 0 Å². The van der Waals surface area contributed by atoms with Crippen LogP contribution in [0.1, 0.15) is 155 Å². The predicted octanol–water partition coefficient (Wildman–Crippen LogP) is 8.71. The number of ether oxygens (including phenoxy) is 3. The van der Waals surface area contributed by atoms with E-state index in [-0.39, 0.29) is 24.1 Å². The van der Waals surface area contributed by atoms with E-state index in [9.17, 15) is 9.59 Å². The molecular formula is C32H58O5. The number of hydrogen-bond acceptors (Lipinski definition) is 5. The summed E-state index contributed by atoms with van der Waals surface area (Å²) in [5, 5.41) is 0. The summed E-state index contributed by atoms with van der Waals surface area (Å²) in [7, 11) is 0. The molecule has 0 N–H and O–H groups in total. The largest absolute Gasteiger partial charge is 0.465 e. The summed E-state index contributed by atoms with van der Waals surface area (Å²) >= 11 is 0. The van der Waals surface area contributed by atoms with Crippen molar-refractivity contribution in [3.8, 4) is 0 Å². The van der Waals surface area contributed by atoms with Crippen LogP contribution < -0.4 is 0 Å². The van der Waals surface area contributed by atoms with Crippen LogP contribution in [0.4, 0.5) is 0 Å². The maximum atomic E-state index is 12.9. The average Bonchev–Trinajstić information content (AvgIpc) is 3.52. The SMILES string of the molecule is CCCCCCCCCCCCOC(=O)C1C(C(=O)OCCCCCCCCCCCC)[C@H]2CC[C@H]1O2. The van der Waals surface area contributed by atoms with E-state index in [1.165, 1.54) is 103 Å². The average molecular weight is 523 g/mol. The van der Waals surface area contributed by atoms with Crippen LogP contribution in [-0.2, 0) is 23.8 Å². The minimum Gasteiger partial charge on any atom is -0.465 e. The number of hydrogen-bond donors (Lipinski definition) is 0. The maximum Gasteiger partial charge on any atom is 0.312 e. The summed E-state index contributed by atoms with van der Waals surface area (Å²) in [6.07, 6.45) is 26.4. The molecule has 0 saturated carbocycles. The Balaban J connectivity index is 1.53. The Morgan fingerprint density at radius 3 is 1.14 bits per heavy atom. The molecule has 0 spiro atoms. The van der Waals surface area contributed by atoms with Gasteiger partial charge in [0.2, 0.25) is 0 Å². The summed E-state index contributed by atoms with van der Waals surface area (Å²) < 4.78 is 17.2. The summed E-state index contributed by atoms with van der Waals surface area (Å²) in [5.41, 5.74) is 0. The smallest absolute Gasteiger partial charge is 0.312 e. The molecule has 2 fully saturated rings. The lowest BCUT2D eigenvalue weighted by molar-refractivity contribution is -0.161. The van der Waals surface area contributed by atoms with Gasteiger partial charge in [-0.2, -0.15) is 0 Å². The Morgan fingerprint density at radius 1 is 0.514 bits per heavy atom. The molecule has 0 aliphatic carbocycles. The van der Waals surface area contributed by atoms with E-state index < -0.39 is 11.8 Å². The lowest BCUT2D eigenvalue weighted by Gasteiger charge is -2.25. The first-order valence-electron chi connectivity index (χ1n) is 16.2. The monoisotopic (exact) mass is 522 g/mol. The Kier molecular flexibility index (Phi) is 18.1. The second-order valence-corrected chi connectivity index (χ2v) is 11.5. The third-order valence-corrected chi connectivity index (χ3v) is 8.30. The van der Waals surface area contributed by atoms with Gasteiger partial charge in [-0.25, -0.2) is 0 Å². The Morgan fingerprint density at radius 2 is 0.811 bits per heavy atom. The van der Waals surface area contributed by atoms with Crippen molar-refractivity contribution in [2.24, 2.45) is 11.8 Å². The third kappa shape index (κ3) is 13.0. The zero-order valence-electron chi connectivity index (χ0n) is 24.3. The molecule has 2 rings (SSSR count). The first-order chi connectivity index (χ1) is 18.2. The van der Waals surface area contributed by atoms with Gasteiger partial charge >= 0.3 is 11.9 Å². The van der Waals surface area contributed by atoms with E-state index in [0.29, 0.717) is 13.2 Å². The maximum absolute atomic E-state index is 12.9. The second-order valence-electron chi connectivity index (χ2n) is 11.5. The van der Waals surface area contributed by atoms with Crippen LogP contribution in [0, 0.1) is 11.8 Å². The molecule has 0 aromatic heterocycles. The van der Waals surface area contributed by atoms with Crippen LogP contribution in [-0.4, -0.2) is 37.4 Å². The summed E-state index contributed by atoms with van der Waals surface area (Å²) in [4.78, 5) is 25.7.